The summed E-state index contributed by atoms with van der Waals surface area (Å²) < 4.78 is 7.05. The van der Waals surface area contributed by atoms with Gasteiger partial charge in [0.25, 0.3) is 0 Å². The van der Waals surface area contributed by atoms with Gasteiger partial charge in [-0.05, 0) is 49.1 Å². The third-order valence-electron chi connectivity index (χ3n) is 4.66. The third-order valence-corrected chi connectivity index (χ3v) is 4.66. The molecule has 0 saturated heterocycles. The molecule has 2 aromatic rings. The Bertz CT molecular complexity index is 655. The Balaban J connectivity index is 1.87. The fourth-order valence-corrected chi connectivity index (χ4v) is 3.39. The van der Waals surface area contributed by atoms with Gasteiger partial charge >= 0.3 is 5.76 Å². The Morgan fingerprint density at radius 3 is 2.60 bits per heavy atom. The van der Waals surface area contributed by atoms with E-state index in [-0.39, 0.29) is 11.8 Å². The van der Waals surface area contributed by atoms with E-state index in [0.29, 0.717) is 16.6 Å². The van der Waals surface area contributed by atoms with Gasteiger partial charge in [-0.3, -0.25) is 4.57 Å². The number of rotatable bonds is 1. The van der Waals surface area contributed by atoms with Crippen LogP contribution in [0.3, 0.4) is 0 Å². The lowest BCUT2D eigenvalue weighted by molar-refractivity contribution is 0.150. The summed E-state index contributed by atoms with van der Waals surface area (Å²) in [4.78, 5) is 16.4. The van der Waals surface area contributed by atoms with E-state index in [9.17, 15) is 4.79 Å². The molecule has 1 aliphatic rings. The summed E-state index contributed by atoms with van der Waals surface area (Å²) in [5, 5.41) is 0. The van der Waals surface area contributed by atoms with Gasteiger partial charge in [-0.2, -0.15) is 0 Å². The lowest BCUT2D eigenvalue weighted by Gasteiger charge is -2.36. The van der Waals surface area contributed by atoms with Gasteiger partial charge in [0.1, 0.15) is 0 Å². The monoisotopic (exact) mass is 274 g/mol. The minimum absolute atomic E-state index is 0.234. The number of hydrogen-bond donors (Lipinski definition) is 0. The van der Waals surface area contributed by atoms with E-state index in [1.165, 1.54) is 12.8 Å². The molecule has 0 radical (unpaired) electrons. The second-order valence-corrected chi connectivity index (χ2v) is 6.93. The minimum atomic E-state index is -0.266. The van der Waals surface area contributed by atoms with E-state index >= 15 is 0 Å². The number of pyridine rings is 1. The molecule has 1 aliphatic carbocycles. The molecule has 0 spiro atoms. The van der Waals surface area contributed by atoms with Gasteiger partial charge in [0.05, 0.1) is 0 Å². The molecule has 2 heterocycles. The van der Waals surface area contributed by atoms with Crippen LogP contribution >= 0.6 is 0 Å². The highest BCUT2D eigenvalue weighted by molar-refractivity contribution is 5.67. The molecular weight excluding hydrogens is 252 g/mol. The molecule has 20 heavy (non-hydrogen) atoms. The third kappa shape index (κ3) is 2.28. The quantitative estimate of drug-likeness (QED) is 0.795. The Hall–Kier alpha value is -1.58. The zero-order valence-corrected chi connectivity index (χ0v) is 12.4. The molecule has 108 valence electrons. The largest absolute Gasteiger partial charge is 0.421 e. The smallest absolute Gasteiger partial charge is 0.406 e. The van der Waals surface area contributed by atoms with Crippen molar-refractivity contribution in [2.45, 2.75) is 52.5 Å². The molecule has 4 heteroatoms. The summed E-state index contributed by atoms with van der Waals surface area (Å²) in [7, 11) is 0. The molecule has 0 unspecified atom stereocenters. The van der Waals surface area contributed by atoms with Gasteiger partial charge in [-0.1, -0.05) is 20.8 Å². The summed E-state index contributed by atoms with van der Waals surface area (Å²) in [5.41, 5.74) is 1.64. The SMILES string of the molecule is CC(C)(C)C1CCC(n2c(=O)oc3cccnc32)CC1. The first-order valence-electron chi connectivity index (χ1n) is 7.43. The molecular formula is C16H22N2O2. The van der Waals surface area contributed by atoms with Gasteiger partial charge in [0.15, 0.2) is 11.2 Å². The average molecular weight is 274 g/mol. The maximum atomic E-state index is 12.1. The molecule has 0 bridgehead atoms. The molecule has 1 fully saturated rings. The van der Waals surface area contributed by atoms with Crippen LogP contribution in [0.2, 0.25) is 0 Å². The fourth-order valence-electron chi connectivity index (χ4n) is 3.39. The van der Waals surface area contributed by atoms with Gasteiger partial charge in [-0.15, -0.1) is 0 Å². The van der Waals surface area contributed by atoms with Gasteiger partial charge in [0.2, 0.25) is 0 Å². The molecule has 1 saturated carbocycles. The van der Waals surface area contributed by atoms with E-state index in [1.54, 1.807) is 22.9 Å². The first-order chi connectivity index (χ1) is 9.47. The minimum Gasteiger partial charge on any atom is -0.406 e. The highest BCUT2D eigenvalue weighted by atomic mass is 16.4. The van der Waals surface area contributed by atoms with E-state index in [4.69, 9.17) is 4.42 Å². The lowest BCUT2D eigenvalue weighted by atomic mass is 9.71. The second kappa shape index (κ2) is 4.76. The zero-order chi connectivity index (χ0) is 14.3. The molecule has 0 amide bonds. The lowest BCUT2D eigenvalue weighted by Crippen LogP contribution is -2.30. The zero-order valence-electron chi connectivity index (χ0n) is 12.4. The van der Waals surface area contributed by atoms with Crippen LogP contribution in [0.25, 0.3) is 11.2 Å². The fraction of sp³-hybridized carbons (Fsp3) is 0.625. The van der Waals surface area contributed by atoms with Crippen LogP contribution in [-0.4, -0.2) is 9.55 Å². The molecule has 4 nitrogen and oxygen atoms in total. The van der Waals surface area contributed by atoms with Gasteiger partial charge < -0.3 is 4.42 Å². The van der Waals surface area contributed by atoms with Crippen molar-refractivity contribution in [3.05, 3.63) is 28.9 Å². The second-order valence-electron chi connectivity index (χ2n) is 6.93. The molecule has 2 aromatic heterocycles. The first kappa shape index (κ1) is 13.4. The van der Waals surface area contributed by atoms with E-state index in [1.807, 2.05) is 0 Å². The van der Waals surface area contributed by atoms with Crippen LogP contribution in [0.4, 0.5) is 0 Å². The van der Waals surface area contributed by atoms with Crippen LogP contribution in [0.1, 0.15) is 52.5 Å². The Morgan fingerprint density at radius 2 is 1.95 bits per heavy atom. The molecule has 3 rings (SSSR count). The number of oxazole rings is 1. The standard InChI is InChI=1S/C16H22N2O2/c1-16(2,3)11-6-8-12(9-7-11)18-14-13(20-15(18)19)5-4-10-17-14/h4-5,10-12H,6-9H2,1-3H3. The predicted octanol–water partition coefficient (Wildman–Crippen LogP) is 3.77. The number of nitrogens with zero attached hydrogens (tertiary/aromatic N) is 2. The Labute approximate surface area is 118 Å². The molecule has 0 atom stereocenters. The van der Waals surface area contributed by atoms with Crippen molar-refractivity contribution in [1.29, 1.82) is 0 Å². The van der Waals surface area contributed by atoms with Crippen molar-refractivity contribution in [3.8, 4) is 0 Å². The molecule has 0 aromatic carbocycles. The van der Waals surface area contributed by atoms with Crippen molar-refractivity contribution < 1.29 is 4.42 Å². The van der Waals surface area contributed by atoms with Crippen LogP contribution in [0.15, 0.2) is 27.5 Å². The van der Waals surface area contributed by atoms with Crippen molar-refractivity contribution in [2.75, 3.05) is 0 Å². The van der Waals surface area contributed by atoms with Crippen LogP contribution in [-0.2, 0) is 0 Å². The van der Waals surface area contributed by atoms with Crippen LogP contribution in [0.5, 0.6) is 0 Å². The van der Waals surface area contributed by atoms with Crippen molar-refractivity contribution in [3.63, 3.8) is 0 Å². The van der Waals surface area contributed by atoms with E-state index in [0.717, 1.165) is 18.8 Å². The summed E-state index contributed by atoms with van der Waals surface area (Å²) in [6.07, 6.45) is 6.12. The number of hydrogen-bond acceptors (Lipinski definition) is 3. The van der Waals surface area contributed by atoms with E-state index < -0.39 is 0 Å². The van der Waals surface area contributed by atoms with Gasteiger partial charge in [0, 0.05) is 12.2 Å². The summed E-state index contributed by atoms with van der Waals surface area (Å²) >= 11 is 0. The topological polar surface area (TPSA) is 48.0 Å². The maximum Gasteiger partial charge on any atom is 0.421 e. The normalized spacial score (nSPS) is 24.1. The van der Waals surface area contributed by atoms with E-state index in [2.05, 4.69) is 25.8 Å². The van der Waals surface area contributed by atoms with Gasteiger partial charge in [-0.25, -0.2) is 9.78 Å². The number of fused-ring (bicyclic) bond motifs is 1. The van der Waals surface area contributed by atoms with Crippen LogP contribution < -0.4 is 5.76 Å². The average Bonchev–Trinajstić information content (AvgIpc) is 2.73. The van der Waals surface area contributed by atoms with Crippen molar-refractivity contribution in [1.82, 2.24) is 9.55 Å². The highest BCUT2D eigenvalue weighted by Gasteiger charge is 2.31. The Morgan fingerprint density at radius 1 is 1.25 bits per heavy atom. The van der Waals surface area contributed by atoms with Crippen LogP contribution in [0, 0.1) is 11.3 Å². The highest BCUT2D eigenvalue weighted by Crippen LogP contribution is 2.41. The summed E-state index contributed by atoms with van der Waals surface area (Å²) in [6.45, 7) is 6.91. The Kier molecular flexibility index (Phi) is 3.19. The summed E-state index contributed by atoms with van der Waals surface area (Å²) in [6, 6.07) is 3.84. The van der Waals surface area contributed by atoms with Crippen molar-refractivity contribution >= 4 is 11.2 Å². The molecule has 0 aliphatic heterocycles. The van der Waals surface area contributed by atoms with Crippen molar-refractivity contribution in [2.24, 2.45) is 11.3 Å². The summed E-state index contributed by atoms with van der Waals surface area (Å²) in [5.74, 6) is 0.471. The maximum absolute atomic E-state index is 12.1. The molecule has 0 N–H and O–H groups in total. The number of aromatic nitrogens is 2. The first-order valence-corrected chi connectivity index (χ1v) is 7.43. The predicted molar refractivity (Wildman–Crippen MR) is 78.7 cm³/mol.